The highest BCUT2D eigenvalue weighted by Crippen LogP contribution is 2.48. The van der Waals surface area contributed by atoms with Crippen LogP contribution < -0.4 is 0 Å². The second kappa shape index (κ2) is 4.41. The number of benzene rings is 2. The van der Waals surface area contributed by atoms with E-state index in [-0.39, 0.29) is 22.3 Å². The fourth-order valence-electron chi connectivity index (χ4n) is 2.92. The van der Waals surface area contributed by atoms with Gasteiger partial charge in [0.1, 0.15) is 0 Å². The van der Waals surface area contributed by atoms with Crippen molar-refractivity contribution in [3.8, 4) is 11.5 Å². The molecule has 0 spiro atoms. The SMILES string of the molecule is CC(C)(C)c1c(O)c(O)c2ccccc2c1C(C)(C)C. The highest BCUT2D eigenvalue weighted by atomic mass is 16.3. The van der Waals surface area contributed by atoms with Crippen molar-refractivity contribution >= 4 is 10.8 Å². The molecule has 0 aromatic heterocycles. The summed E-state index contributed by atoms with van der Waals surface area (Å²) >= 11 is 0. The van der Waals surface area contributed by atoms with Crippen molar-refractivity contribution < 1.29 is 10.2 Å². The summed E-state index contributed by atoms with van der Waals surface area (Å²) < 4.78 is 0. The van der Waals surface area contributed by atoms with E-state index < -0.39 is 0 Å². The molecule has 108 valence electrons. The van der Waals surface area contributed by atoms with Crippen molar-refractivity contribution in [2.75, 3.05) is 0 Å². The zero-order valence-corrected chi connectivity index (χ0v) is 13.2. The van der Waals surface area contributed by atoms with Crippen LogP contribution >= 0.6 is 0 Å². The van der Waals surface area contributed by atoms with Crippen LogP contribution in [-0.4, -0.2) is 10.2 Å². The molecule has 0 fully saturated rings. The molecule has 0 saturated heterocycles. The molecule has 0 aliphatic heterocycles. The summed E-state index contributed by atoms with van der Waals surface area (Å²) in [6.45, 7) is 12.6. The van der Waals surface area contributed by atoms with Crippen molar-refractivity contribution in [3.63, 3.8) is 0 Å². The van der Waals surface area contributed by atoms with Gasteiger partial charge in [0.05, 0.1) is 0 Å². The lowest BCUT2D eigenvalue weighted by Crippen LogP contribution is -2.22. The summed E-state index contributed by atoms with van der Waals surface area (Å²) in [5, 5.41) is 22.6. The van der Waals surface area contributed by atoms with Gasteiger partial charge in [0.2, 0.25) is 0 Å². The quantitative estimate of drug-likeness (QED) is 0.673. The van der Waals surface area contributed by atoms with Gasteiger partial charge in [-0.05, 0) is 21.8 Å². The Morgan fingerprint density at radius 2 is 1.10 bits per heavy atom. The first kappa shape index (κ1) is 14.7. The summed E-state index contributed by atoms with van der Waals surface area (Å²) in [5.41, 5.74) is 1.58. The fourth-order valence-corrected chi connectivity index (χ4v) is 2.92. The zero-order chi connectivity index (χ0) is 15.3. The third kappa shape index (κ3) is 2.24. The highest BCUT2D eigenvalue weighted by molar-refractivity contribution is 5.95. The Balaban J connectivity index is 3.09. The van der Waals surface area contributed by atoms with E-state index in [4.69, 9.17) is 0 Å². The topological polar surface area (TPSA) is 40.5 Å². The molecule has 2 aromatic rings. The summed E-state index contributed by atoms with van der Waals surface area (Å²) in [6.07, 6.45) is 0. The molecule has 2 heteroatoms. The first-order valence-corrected chi connectivity index (χ1v) is 7.02. The second-order valence-corrected chi connectivity index (χ2v) is 7.49. The van der Waals surface area contributed by atoms with E-state index in [2.05, 4.69) is 41.5 Å². The normalized spacial score (nSPS) is 12.9. The standard InChI is InChI=1S/C18H24O2/c1-17(2,3)13-11-9-7-8-10-12(11)15(19)16(20)14(13)18(4,5)6/h7-10,19-20H,1-6H3. The Morgan fingerprint density at radius 1 is 0.650 bits per heavy atom. The highest BCUT2D eigenvalue weighted by Gasteiger charge is 2.32. The Kier molecular flexibility index (Phi) is 3.24. The first-order chi connectivity index (χ1) is 9.05. The molecule has 2 nitrogen and oxygen atoms in total. The van der Waals surface area contributed by atoms with Gasteiger partial charge in [-0.25, -0.2) is 0 Å². The van der Waals surface area contributed by atoms with Crippen LogP contribution in [0.15, 0.2) is 24.3 Å². The van der Waals surface area contributed by atoms with Gasteiger partial charge in [-0.1, -0.05) is 65.8 Å². The Labute approximate surface area is 121 Å². The maximum atomic E-state index is 10.5. The smallest absolute Gasteiger partial charge is 0.165 e. The van der Waals surface area contributed by atoms with E-state index >= 15 is 0 Å². The van der Waals surface area contributed by atoms with Crippen molar-refractivity contribution in [2.45, 2.75) is 52.4 Å². The Hall–Kier alpha value is -1.70. The van der Waals surface area contributed by atoms with E-state index in [1.54, 1.807) is 0 Å². The van der Waals surface area contributed by atoms with Crippen molar-refractivity contribution in [2.24, 2.45) is 0 Å². The van der Waals surface area contributed by atoms with Gasteiger partial charge in [0.15, 0.2) is 11.5 Å². The average molecular weight is 272 g/mol. The Bertz CT molecular complexity index is 656. The third-order valence-corrected chi connectivity index (χ3v) is 3.66. The predicted octanol–water partition coefficient (Wildman–Crippen LogP) is 4.85. The van der Waals surface area contributed by atoms with Crippen LogP contribution in [0.5, 0.6) is 11.5 Å². The molecule has 0 amide bonds. The molecule has 0 saturated carbocycles. The lowest BCUT2D eigenvalue weighted by atomic mass is 9.72. The molecule has 20 heavy (non-hydrogen) atoms. The van der Waals surface area contributed by atoms with E-state index in [1.807, 2.05) is 24.3 Å². The Morgan fingerprint density at radius 3 is 1.55 bits per heavy atom. The van der Waals surface area contributed by atoms with Crippen LogP contribution in [0, 0.1) is 0 Å². The van der Waals surface area contributed by atoms with Crippen molar-refractivity contribution in [1.29, 1.82) is 0 Å². The van der Waals surface area contributed by atoms with Gasteiger partial charge in [-0.15, -0.1) is 0 Å². The summed E-state index contributed by atoms with van der Waals surface area (Å²) in [6, 6.07) is 7.72. The van der Waals surface area contributed by atoms with Crippen LogP contribution in [-0.2, 0) is 10.8 Å². The van der Waals surface area contributed by atoms with Crippen LogP contribution in [0.25, 0.3) is 10.8 Å². The first-order valence-electron chi connectivity index (χ1n) is 7.02. The van der Waals surface area contributed by atoms with Gasteiger partial charge < -0.3 is 10.2 Å². The largest absolute Gasteiger partial charge is 0.504 e. The monoisotopic (exact) mass is 272 g/mol. The van der Waals surface area contributed by atoms with Gasteiger partial charge in [-0.2, -0.15) is 0 Å². The second-order valence-electron chi connectivity index (χ2n) is 7.49. The van der Waals surface area contributed by atoms with E-state index in [9.17, 15) is 10.2 Å². The number of rotatable bonds is 0. The molecule has 0 unspecified atom stereocenters. The molecule has 0 aliphatic carbocycles. The van der Waals surface area contributed by atoms with Crippen LogP contribution in [0.4, 0.5) is 0 Å². The number of phenols is 2. The van der Waals surface area contributed by atoms with Gasteiger partial charge in [0.25, 0.3) is 0 Å². The number of fused-ring (bicyclic) bond motifs is 1. The number of phenolic OH excluding ortho intramolecular Hbond substituents is 2. The third-order valence-electron chi connectivity index (χ3n) is 3.66. The van der Waals surface area contributed by atoms with Gasteiger partial charge in [0, 0.05) is 10.9 Å². The number of hydrogen-bond donors (Lipinski definition) is 2. The molecule has 0 radical (unpaired) electrons. The summed E-state index contributed by atoms with van der Waals surface area (Å²) in [4.78, 5) is 0. The molecular weight excluding hydrogens is 248 g/mol. The molecule has 0 heterocycles. The molecule has 2 N–H and O–H groups in total. The molecule has 2 aromatic carbocycles. The zero-order valence-electron chi connectivity index (χ0n) is 13.2. The number of aromatic hydroxyl groups is 2. The average Bonchev–Trinajstić information content (AvgIpc) is 2.30. The summed E-state index contributed by atoms with van der Waals surface area (Å²) in [5.74, 6) is -0.000324. The predicted molar refractivity (Wildman–Crippen MR) is 84.7 cm³/mol. The van der Waals surface area contributed by atoms with Gasteiger partial charge in [-0.3, -0.25) is 0 Å². The summed E-state index contributed by atoms with van der Waals surface area (Å²) in [7, 11) is 0. The maximum absolute atomic E-state index is 10.5. The molecule has 0 bridgehead atoms. The molecule has 0 aliphatic rings. The van der Waals surface area contributed by atoms with Crippen LogP contribution in [0.3, 0.4) is 0 Å². The van der Waals surface area contributed by atoms with E-state index in [0.717, 1.165) is 16.5 Å². The van der Waals surface area contributed by atoms with E-state index in [0.29, 0.717) is 5.39 Å². The molecular formula is C18H24O2. The molecule has 0 atom stereocenters. The lowest BCUT2D eigenvalue weighted by Gasteiger charge is -2.32. The van der Waals surface area contributed by atoms with Crippen molar-refractivity contribution in [3.05, 3.63) is 35.4 Å². The minimum Gasteiger partial charge on any atom is -0.504 e. The minimum absolute atomic E-state index is 0.0149. The van der Waals surface area contributed by atoms with Crippen LogP contribution in [0.2, 0.25) is 0 Å². The van der Waals surface area contributed by atoms with E-state index in [1.165, 1.54) is 0 Å². The molecule has 2 rings (SSSR count). The van der Waals surface area contributed by atoms with Gasteiger partial charge >= 0.3 is 0 Å². The maximum Gasteiger partial charge on any atom is 0.165 e. The lowest BCUT2D eigenvalue weighted by molar-refractivity contribution is 0.388. The fraction of sp³-hybridized carbons (Fsp3) is 0.444. The number of hydrogen-bond acceptors (Lipinski definition) is 2. The van der Waals surface area contributed by atoms with Crippen molar-refractivity contribution in [1.82, 2.24) is 0 Å². The minimum atomic E-state index is -0.242. The van der Waals surface area contributed by atoms with Crippen LogP contribution in [0.1, 0.15) is 52.7 Å².